The van der Waals surface area contributed by atoms with Crippen LogP contribution in [0.3, 0.4) is 0 Å². The highest BCUT2D eigenvalue weighted by atomic mass is 19.1. The molecule has 2 aliphatic rings. The molecule has 0 bridgehead atoms. The van der Waals surface area contributed by atoms with E-state index in [0.717, 1.165) is 49.1 Å². The van der Waals surface area contributed by atoms with Gasteiger partial charge >= 0.3 is 0 Å². The van der Waals surface area contributed by atoms with Gasteiger partial charge in [0.1, 0.15) is 28.9 Å². The summed E-state index contributed by atoms with van der Waals surface area (Å²) >= 11 is 0. The van der Waals surface area contributed by atoms with E-state index in [1.807, 2.05) is 52.0 Å². The summed E-state index contributed by atoms with van der Waals surface area (Å²) in [5, 5.41) is 14.3. The summed E-state index contributed by atoms with van der Waals surface area (Å²) in [5.74, 6) is -0.930. The normalized spacial score (nSPS) is 21.9. The van der Waals surface area contributed by atoms with Crippen LogP contribution in [0.15, 0.2) is 53.1 Å². The van der Waals surface area contributed by atoms with Gasteiger partial charge in [0.2, 0.25) is 0 Å². The third-order valence-electron chi connectivity index (χ3n) is 9.29. The van der Waals surface area contributed by atoms with Crippen molar-refractivity contribution in [2.75, 3.05) is 19.7 Å². The smallest absolute Gasteiger partial charge is 0.185 e. The number of aliphatic hydroxyl groups is 1. The Morgan fingerprint density at radius 2 is 1.82 bits per heavy atom. The van der Waals surface area contributed by atoms with Crippen molar-refractivity contribution in [3.8, 4) is 17.1 Å². The molecule has 0 radical (unpaired) electrons. The lowest BCUT2D eigenvalue weighted by Gasteiger charge is -2.55. The van der Waals surface area contributed by atoms with E-state index in [-0.39, 0.29) is 41.4 Å². The minimum atomic E-state index is -0.808. The first-order valence-corrected chi connectivity index (χ1v) is 15.4. The molecule has 2 fully saturated rings. The summed E-state index contributed by atoms with van der Waals surface area (Å²) in [6.45, 7) is 9.63. The van der Waals surface area contributed by atoms with Crippen LogP contribution in [0.4, 0.5) is 8.78 Å². The molecular weight excluding hydrogens is 566 g/mol. The Kier molecular flexibility index (Phi) is 9.10. The van der Waals surface area contributed by atoms with Crippen molar-refractivity contribution >= 4 is 11.6 Å². The minimum Gasteiger partial charge on any atom is -0.494 e. The number of carbonyl (C=O) groups excluding carboxylic acids is 2. The zero-order valence-corrected chi connectivity index (χ0v) is 26.0. The number of ether oxygens (including phenoxy) is 1. The molecule has 1 aromatic heterocycles. The molecule has 0 atom stereocenters. The van der Waals surface area contributed by atoms with Crippen molar-refractivity contribution in [1.29, 1.82) is 0 Å². The average Bonchev–Trinajstić information content (AvgIpc) is 3.42. The predicted molar refractivity (Wildman–Crippen MR) is 163 cm³/mol. The van der Waals surface area contributed by atoms with E-state index in [1.54, 1.807) is 0 Å². The predicted octanol–water partition coefficient (Wildman–Crippen LogP) is 6.91. The first-order valence-electron chi connectivity index (χ1n) is 15.4. The first kappa shape index (κ1) is 32.0. The molecule has 1 aliphatic carbocycles. The maximum atomic E-state index is 14.3. The monoisotopic (exact) mass is 608 g/mol. The van der Waals surface area contributed by atoms with E-state index in [1.165, 1.54) is 12.1 Å². The van der Waals surface area contributed by atoms with E-state index in [9.17, 15) is 23.5 Å². The first-order chi connectivity index (χ1) is 20.8. The summed E-state index contributed by atoms with van der Waals surface area (Å²) in [7, 11) is 0. The third-order valence-corrected chi connectivity index (χ3v) is 9.29. The highest BCUT2D eigenvalue weighted by molar-refractivity contribution is 5.96. The quantitative estimate of drug-likeness (QED) is 0.223. The lowest BCUT2D eigenvalue weighted by Crippen LogP contribution is -2.62. The minimum absolute atomic E-state index is 0.0153. The molecule has 9 heteroatoms. The molecule has 1 saturated heterocycles. The summed E-state index contributed by atoms with van der Waals surface area (Å²) in [4.78, 5) is 29.6. The van der Waals surface area contributed by atoms with Crippen molar-refractivity contribution in [1.82, 2.24) is 10.1 Å². The number of hydrogen-bond donors (Lipinski definition) is 1. The second-order valence-electron chi connectivity index (χ2n) is 13.7. The van der Waals surface area contributed by atoms with E-state index < -0.39 is 28.1 Å². The SMILES string of the molecule is CCOc1cccc(C(C)(C)CC(=O)CC2(CC(=O)c3cc(-c4ccc(F)cc4F)on3)CN(C3CCC(C)(O)CC3)C2)c1. The van der Waals surface area contributed by atoms with Crippen LogP contribution >= 0.6 is 0 Å². The molecule has 44 heavy (non-hydrogen) atoms. The van der Waals surface area contributed by atoms with Crippen LogP contribution in [0.2, 0.25) is 0 Å². The molecule has 3 aromatic rings. The van der Waals surface area contributed by atoms with Gasteiger partial charge in [-0.2, -0.15) is 0 Å². The zero-order chi connectivity index (χ0) is 31.7. The van der Waals surface area contributed by atoms with Crippen molar-refractivity contribution in [2.45, 2.75) is 89.7 Å². The Balaban J connectivity index is 1.31. The zero-order valence-electron chi connectivity index (χ0n) is 26.0. The van der Waals surface area contributed by atoms with Gasteiger partial charge < -0.3 is 14.4 Å². The molecule has 7 nitrogen and oxygen atoms in total. The molecule has 2 heterocycles. The molecule has 1 aliphatic heterocycles. The maximum Gasteiger partial charge on any atom is 0.185 e. The number of likely N-dealkylation sites (tertiary alicyclic amines) is 1. The number of nitrogens with zero attached hydrogens (tertiary/aromatic N) is 2. The fraction of sp³-hybridized carbons (Fsp3) is 0.514. The number of rotatable bonds is 12. The van der Waals surface area contributed by atoms with Crippen LogP contribution < -0.4 is 4.74 Å². The van der Waals surface area contributed by atoms with Gasteiger partial charge in [-0.1, -0.05) is 31.1 Å². The van der Waals surface area contributed by atoms with E-state index in [2.05, 4.69) is 10.1 Å². The van der Waals surface area contributed by atoms with Crippen molar-refractivity contribution in [3.05, 3.63) is 71.4 Å². The van der Waals surface area contributed by atoms with Gasteiger partial charge in [-0.25, -0.2) is 8.78 Å². The lowest BCUT2D eigenvalue weighted by molar-refractivity contribution is -0.128. The van der Waals surface area contributed by atoms with Crippen LogP contribution in [-0.4, -0.2) is 58.1 Å². The van der Waals surface area contributed by atoms with Gasteiger partial charge in [-0.3, -0.25) is 14.5 Å². The molecule has 0 unspecified atom stereocenters. The molecule has 1 saturated carbocycles. The van der Waals surface area contributed by atoms with E-state index in [0.29, 0.717) is 32.2 Å². The van der Waals surface area contributed by atoms with Crippen molar-refractivity contribution in [3.63, 3.8) is 0 Å². The number of halogens is 2. The molecule has 0 amide bonds. The second-order valence-corrected chi connectivity index (χ2v) is 13.7. The van der Waals surface area contributed by atoms with Gasteiger partial charge in [0.05, 0.1) is 17.8 Å². The largest absolute Gasteiger partial charge is 0.494 e. The van der Waals surface area contributed by atoms with Gasteiger partial charge in [-0.05, 0) is 74.8 Å². The number of carbonyl (C=O) groups is 2. The average molecular weight is 609 g/mol. The summed E-state index contributed by atoms with van der Waals surface area (Å²) < 4.78 is 38.7. The number of benzene rings is 2. The van der Waals surface area contributed by atoms with Gasteiger partial charge in [0, 0.05) is 55.9 Å². The fourth-order valence-electron chi connectivity index (χ4n) is 6.85. The van der Waals surface area contributed by atoms with E-state index >= 15 is 0 Å². The number of Topliss-reactive ketones (excluding diaryl/α,β-unsaturated/α-hetero) is 2. The molecule has 0 spiro atoms. The standard InChI is InChI=1S/C35H42F2N2O5/c1-5-43-27-8-6-7-23(15-27)33(2,3)18-26(40)19-35(21-39(22-35)25-11-13-34(4,42)14-12-25)20-31(41)30-17-32(44-38-30)28-10-9-24(36)16-29(28)37/h6-10,15-17,25,42H,5,11-14,18-22H2,1-4H3. The molecular formula is C35H42F2N2O5. The van der Waals surface area contributed by atoms with Crippen LogP contribution in [-0.2, 0) is 10.2 Å². The Hall–Kier alpha value is -3.43. The molecule has 1 N–H and O–H groups in total. The summed E-state index contributed by atoms with van der Waals surface area (Å²) in [6, 6.07) is 12.6. The number of ketones is 2. The van der Waals surface area contributed by atoms with Crippen molar-refractivity contribution < 1.29 is 32.7 Å². The third kappa shape index (κ3) is 7.26. The molecule has 5 rings (SSSR count). The Morgan fingerprint density at radius 1 is 1.09 bits per heavy atom. The van der Waals surface area contributed by atoms with Crippen molar-refractivity contribution in [2.24, 2.45) is 5.41 Å². The van der Waals surface area contributed by atoms with Crippen LogP contribution in [0.25, 0.3) is 11.3 Å². The van der Waals surface area contributed by atoms with Gasteiger partial charge in [0.25, 0.3) is 0 Å². The Bertz CT molecular complexity index is 1500. The van der Waals surface area contributed by atoms with Crippen LogP contribution in [0.5, 0.6) is 5.75 Å². The van der Waals surface area contributed by atoms with E-state index in [4.69, 9.17) is 9.26 Å². The second kappa shape index (κ2) is 12.5. The highest BCUT2D eigenvalue weighted by Gasteiger charge is 2.49. The van der Waals surface area contributed by atoms with Crippen LogP contribution in [0, 0.1) is 17.0 Å². The number of aromatic nitrogens is 1. The topological polar surface area (TPSA) is 92.9 Å². The van der Waals surface area contributed by atoms with Gasteiger partial charge in [-0.15, -0.1) is 0 Å². The Labute approximate surface area is 257 Å². The molecule has 236 valence electrons. The lowest BCUT2D eigenvalue weighted by atomic mass is 9.68. The Morgan fingerprint density at radius 3 is 2.50 bits per heavy atom. The summed E-state index contributed by atoms with van der Waals surface area (Å²) in [5.41, 5.74) is -0.581. The fourth-order valence-corrected chi connectivity index (χ4v) is 6.85. The van der Waals surface area contributed by atoms with Gasteiger partial charge in [0.15, 0.2) is 11.5 Å². The molecule has 2 aromatic carbocycles. The van der Waals surface area contributed by atoms with Crippen LogP contribution in [0.1, 0.15) is 88.7 Å². The summed E-state index contributed by atoms with van der Waals surface area (Å²) in [6.07, 6.45) is 3.81. The number of hydrogen-bond acceptors (Lipinski definition) is 7. The maximum absolute atomic E-state index is 14.3. The highest BCUT2D eigenvalue weighted by Crippen LogP contribution is 2.44.